The van der Waals surface area contributed by atoms with Gasteiger partial charge in [-0.25, -0.2) is 4.98 Å². The van der Waals surface area contributed by atoms with E-state index in [9.17, 15) is 0 Å². The summed E-state index contributed by atoms with van der Waals surface area (Å²) < 4.78 is 1.33. The van der Waals surface area contributed by atoms with Crippen molar-refractivity contribution >= 4 is 38.6 Å². The number of hydrogen-bond donors (Lipinski definition) is 1. The summed E-state index contributed by atoms with van der Waals surface area (Å²) in [4.78, 5) is 8.58. The summed E-state index contributed by atoms with van der Waals surface area (Å²) in [6, 6.07) is 7.22. The zero-order valence-corrected chi connectivity index (χ0v) is 14.9. The molecule has 23 heavy (non-hydrogen) atoms. The van der Waals surface area contributed by atoms with Gasteiger partial charge in [-0.05, 0) is 55.3 Å². The van der Waals surface area contributed by atoms with Crippen LogP contribution in [0.25, 0.3) is 20.5 Å². The van der Waals surface area contributed by atoms with Crippen LogP contribution < -0.4 is 10.2 Å². The molecule has 0 spiro atoms. The summed E-state index contributed by atoms with van der Waals surface area (Å²) in [5.41, 5.74) is 1.32. The van der Waals surface area contributed by atoms with Crippen molar-refractivity contribution in [1.29, 1.82) is 0 Å². The van der Waals surface area contributed by atoms with E-state index < -0.39 is 0 Å². The van der Waals surface area contributed by atoms with Crippen LogP contribution in [-0.4, -0.2) is 30.7 Å². The number of thiophene rings is 2. The maximum absolute atomic E-state index is 4.76. The van der Waals surface area contributed by atoms with Gasteiger partial charge >= 0.3 is 0 Å². The predicted molar refractivity (Wildman–Crippen MR) is 102 cm³/mol. The van der Waals surface area contributed by atoms with Crippen molar-refractivity contribution < 1.29 is 0 Å². The lowest BCUT2D eigenvalue weighted by Crippen LogP contribution is -2.46. The molecular weight excluding hydrogens is 322 g/mol. The molecule has 120 valence electrons. The van der Waals surface area contributed by atoms with Crippen LogP contribution in [0, 0.1) is 0 Å². The minimum Gasteiger partial charge on any atom is -0.352 e. The van der Waals surface area contributed by atoms with E-state index >= 15 is 0 Å². The number of hydrogen-bond acceptors (Lipinski definition) is 5. The Morgan fingerprint density at radius 1 is 1.39 bits per heavy atom. The molecule has 3 aromatic heterocycles. The van der Waals surface area contributed by atoms with Gasteiger partial charge in [0.2, 0.25) is 0 Å². The number of anilines is 1. The zero-order valence-electron chi connectivity index (χ0n) is 13.3. The van der Waals surface area contributed by atoms with Crippen LogP contribution in [0.1, 0.15) is 19.8 Å². The Morgan fingerprint density at radius 3 is 3.09 bits per heavy atom. The van der Waals surface area contributed by atoms with Gasteiger partial charge < -0.3 is 10.2 Å². The highest BCUT2D eigenvalue weighted by Gasteiger charge is 2.23. The quantitative estimate of drug-likeness (QED) is 0.750. The highest BCUT2D eigenvalue weighted by atomic mass is 32.1. The van der Waals surface area contributed by atoms with E-state index in [1.165, 1.54) is 33.4 Å². The van der Waals surface area contributed by atoms with Crippen molar-refractivity contribution in [3.05, 3.63) is 35.2 Å². The second-order valence-electron chi connectivity index (χ2n) is 5.96. The lowest BCUT2D eigenvalue weighted by atomic mass is 10.1. The van der Waals surface area contributed by atoms with Gasteiger partial charge in [0.05, 0.1) is 0 Å². The monoisotopic (exact) mass is 343 g/mol. The van der Waals surface area contributed by atoms with Crippen molar-refractivity contribution in [2.75, 3.05) is 24.5 Å². The molecule has 5 heteroatoms. The molecule has 4 heterocycles. The molecule has 0 amide bonds. The normalized spacial score (nSPS) is 18.4. The average Bonchev–Trinajstić information content (AvgIpc) is 3.26. The molecule has 1 aliphatic rings. The van der Waals surface area contributed by atoms with Crippen LogP contribution in [0.2, 0.25) is 0 Å². The van der Waals surface area contributed by atoms with E-state index in [0.717, 1.165) is 25.5 Å². The van der Waals surface area contributed by atoms with E-state index in [0.29, 0.717) is 6.04 Å². The third kappa shape index (κ3) is 2.89. The average molecular weight is 344 g/mol. The van der Waals surface area contributed by atoms with Gasteiger partial charge in [0.1, 0.15) is 5.82 Å². The van der Waals surface area contributed by atoms with Crippen molar-refractivity contribution in [3.8, 4) is 10.4 Å². The summed E-state index contributed by atoms with van der Waals surface area (Å²) in [7, 11) is 0. The molecule has 3 nitrogen and oxygen atoms in total. The van der Waals surface area contributed by atoms with E-state index in [1.807, 2.05) is 17.5 Å². The molecule has 1 N–H and O–H groups in total. The van der Waals surface area contributed by atoms with E-state index in [1.54, 1.807) is 11.3 Å². The molecule has 0 bridgehead atoms. The van der Waals surface area contributed by atoms with Crippen molar-refractivity contribution in [1.82, 2.24) is 10.3 Å². The lowest BCUT2D eigenvalue weighted by Gasteiger charge is -2.35. The summed E-state index contributed by atoms with van der Waals surface area (Å²) in [5, 5.41) is 9.19. The standard InChI is InChI=1S/C18H21N3S2/c1-2-21(14-4-3-7-19-11-14)18-15-10-17(13-6-9-22-12-13)23-16(15)5-8-20-18/h5-6,8-10,12,14,19H,2-4,7,11H2,1H3/t14-/m0/s1. The number of likely N-dealkylation sites (N-methyl/N-ethyl adjacent to an activating group) is 1. The Bertz CT molecular complexity index is 773. The first kappa shape index (κ1) is 15.1. The smallest absolute Gasteiger partial charge is 0.137 e. The van der Waals surface area contributed by atoms with Gasteiger partial charge in [-0.15, -0.1) is 11.3 Å². The fraction of sp³-hybridized carbons (Fsp3) is 0.389. The highest BCUT2D eigenvalue weighted by Crippen LogP contribution is 2.38. The van der Waals surface area contributed by atoms with Gasteiger partial charge in [0.15, 0.2) is 0 Å². The van der Waals surface area contributed by atoms with Crippen molar-refractivity contribution in [3.63, 3.8) is 0 Å². The first-order valence-electron chi connectivity index (χ1n) is 8.25. The van der Waals surface area contributed by atoms with Gasteiger partial charge in [-0.2, -0.15) is 11.3 Å². The molecule has 1 fully saturated rings. The number of fused-ring (bicyclic) bond motifs is 1. The van der Waals surface area contributed by atoms with E-state index in [4.69, 9.17) is 4.98 Å². The molecule has 1 atom stereocenters. The largest absolute Gasteiger partial charge is 0.352 e. The number of rotatable bonds is 4. The number of aromatic nitrogens is 1. The summed E-state index contributed by atoms with van der Waals surface area (Å²) >= 11 is 3.62. The molecule has 0 aliphatic carbocycles. The molecule has 4 rings (SSSR count). The SMILES string of the molecule is CCN(c1nccc2sc(-c3ccsc3)cc12)[C@H]1CCCNC1. The van der Waals surface area contributed by atoms with Crippen molar-refractivity contribution in [2.24, 2.45) is 0 Å². The molecule has 0 unspecified atom stereocenters. The Kier molecular flexibility index (Phi) is 4.33. The molecule has 0 saturated carbocycles. The molecular formula is C18H21N3S2. The topological polar surface area (TPSA) is 28.2 Å². The van der Waals surface area contributed by atoms with Crippen molar-refractivity contribution in [2.45, 2.75) is 25.8 Å². The maximum Gasteiger partial charge on any atom is 0.137 e. The van der Waals surface area contributed by atoms with E-state index in [-0.39, 0.29) is 0 Å². The Morgan fingerprint density at radius 2 is 2.35 bits per heavy atom. The van der Waals surface area contributed by atoms with Crippen LogP contribution in [-0.2, 0) is 0 Å². The summed E-state index contributed by atoms with van der Waals surface area (Å²) in [6.45, 7) is 5.45. The van der Waals surface area contributed by atoms with Gasteiger partial charge in [0.25, 0.3) is 0 Å². The van der Waals surface area contributed by atoms with Gasteiger partial charge in [-0.1, -0.05) is 0 Å². The van der Waals surface area contributed by atoms with Crippen LogP contribution in [0.3, 0.4) is 0 Å². The first-order chi connectivity index (χ1) is 11.4. The molecule has 3 aromatic rings. The number of piperidine rings is 1. The Hall–Kier alpha value is -1.43. The second kappa shape index (κ2) is 6.59. The van der Waals surface area contributed by atoms with Gasteiger partial charge in [-0.3, -0.25) is 0 Å². The minimum absolute atomic E-state index is 0.552. The first-order valence-corrected chi connectivity index (χ1v) is 10.0. The van der Waals surface area contributed by atoms with Crippen LogP contribution in [0.5, 0.6) is 0 Å². The molecule has 0 aromatic carbocycles. The second-order valence-corrected chi connectivity index (χ2v) is 7.82. The van der Waals surface area contributed by atoms with Crippen LogP contribution >= 0.6 is 22.7 Å². The fourth-order valence-electron chi connectivity index (χ4n) is 3.40. The number of nitrogens with zero attached hydrogens (tertiary/aromatic N) is 2. The number of nitrogens with one attached hydrogen (secondary N) is 1. The predicted octanol–water partition coefficient (Wildman–Crippen LogP) is 4.60. The zero-order chi connectivity index (χ0) is 15.6. The molecule has 0 radical (unpaired) electrons. The Balaban J connectivity index is 1.76. The Labute approximate surface area is 145 Å². The summed E-state index contributed by atoms with van der Waals surface area (Å²) in [5.74, 6) is 1.15. The van der Waals surface area contributed by atoms with E-state index in [2.05, 4.69) is 46.1 Å². The third-order valence-electron chi connectivity index (χ3n) is 4.55. The summed E-state index contributed by atoms with van der Waals surface area (Å²) in [6.07, 6.45) is 4.46. The van der Waals surface area contributed by atoms with Crippen LogP contribution in [0.15, 0.2) is 35.2 Å². The maximum atomic E-state index is 4.76. The molecule has 1 aliphatic heterocycles. The highest BCUT2D eigenvalue weighted by molar-refractivity contribution is 7.22. The fourth-order valence-corrected chi connectivity index (χ4v) is 5.18. The van der Waals surface area contributed by atoms with Gasteiger partial charge in [0, 0.05) is 45.9 Å². The lowest BCUT2D eigenvalue weighted by molar-refractivity contribution is 0.434. The number of pyridine rings is 1. The molecule has 1 saturated heterocycles. The minimum atomic E-state index is 0.552. The van der Waals surface area contributed by atoms with Crippen LogP contribution in [0.4, 0.5) is 5.82 Å². The third-order valence-corrected chi connectivity index (χ3v) is 6.39.